The van der Waals surface area contributed by atoms with Crippen LogP contribution in [0.2, 0.25) is 0 Å². The van der Waals surface area contributed by atoms with Gasteiger partial charge in [-0.05, 0) is 0 Å². The fourth-order valence-electron chi connectivity index (χ4n) is 0.363. The van der Waals surface area contributed by atoms with Crippen molar-refractivity contribution >= 4 is 10.0 Å². The smallest absolute Gasteiger partial charge is 0.210 e. The molecule has 0 unspecified atom stereocenters. The molecule has 0 saturated carbocycles. The molecule has 1 N–H and O–H groups in total. The molecule has 0 aliphatic heterocycles. The van der Waals surface area contributed by atoms with Gasteiger partial charge in [-0.25, -0.2) is 8.42 Å². The molecule has 0 spiro atoms. The summed E-state index contributed by atoms with van der Waals surface area (Å²) in [6, 6.07) is 0. The van der Waals surface area contributed by atoms with Crippen LogP contribution in [0.15, 0.2) is 0 Å². The fourth-order valence-corrected chi connectivity index (χ4v) is 0.661. The molecule has 0 aliphatic carbocycles. The van der Waals surface area contributed by atoms with Gasteiger partial charge in [-0.3, -0.25) is 0 Å². The van der Waals surface area contributed by atoms with Gasteiger partial charge in [-0.15, -0.1) is 0 Å². The Labute approximate surface area is 66.7 Å². The molecule has 0 aromatic heterocycles. The van der Waals surface area contributed by atoms with E-state index in [0.29, 0.717) is 13.2 Å². The average molecular weight is 183 g/mol. The van der Waals surface area contributed by atoms with Crippen molar-refractivity contribution in [3.8, 4) is 0 Å². The number of hydrogen-bond acceptors (Lipinski definition) is 4. The van der Waals surface area contributed by atoms with Gasteiger partial charge < -0.3 is 9.47 Å². The molecule has 11 heavy (non-hydrogen) atoms. The third-order valence-electron chi connectivity index (χ3n) is 0.855. The summed E-state index contributed by atoms with van der Waals surface area (Å²) in [6.07, 6.45) is 1.08. The highest BCUT2D eigenvalue weighted by Gasteiger charge is 1.97. The van der Waals surface area contributed by atoms with E-state index in [0.717, 1.165) is 6.26 Å². The van der Waals surface area contributed by atoms with Gasteiger partial charge in [0.15, 0.2) is 0 Å². The van der Waals surface area contributed by atoms with E-state index in [1.807, 2.05) is 0 Å². The number of sulfonamides is 1. The highest BCUT2D eigenvalue weighted by atomic mass is 32.2. The van der Waals surface area contributed by atoms with Crippen molar-refractivity contribution < 1.29 is 17.9 Å². The summed E-state index contributed by atoms with van der Waals surface area (Å²) in [5.74, 6) is 0. The first-order chi connectivity index (χ1) is 5.06. The second-order valence-electron chi connectivity index (χ2n) is 1.96. The summed E-state index contributed by atoms with van der Waals surface area (Å²) < 4.78 is 32.6. The summed E-state index contributed by atoms with van der Waals surface area (Å²) in [4.78, 5) is 0. The van der Waals surface area contributed by atoms with Crippen LogP contribution in [0.25, 0.3) is 0 Å². The normalized spacial score (nSPS) is 11.8. The highest BCUT2D eigenvalue weighted by Crippen LogP contribution is 1.76. The first kappa shape index (κ1) is 10.8. The second kappa shape index (κ2) is 5.48. The van der Waals surface area contributed by atoms with Gasteiger partial charge in [0, 0.05) is 7.11 Å². The minimum absolute atomic E-state index is 0.00218. The number of methoxy groups -OCH3 is 1. The Bertz CT molecular complexity index is 177. The molecule has 5 nitrogen and oxygen atoms in total. The van der Waals surface area contributed by atoms with Crippen molar-refractivity contribution in [2.45, 2.75) is 0 Å². The van der Waals surface area contributed by atoms with E-state index in [2.05, 4.69) is 9.46 Å². The van der Waals surface area contributed by atoms with Gasteiger partial charge in [-0.1, -0.05) is 0 Å². The molecule has 0 rings (SSSR count). The summed E-state index contributed by atoms with van der Waals surface area (Å²) in [6.45, 7) is 0.854. The maximum Gasteiger partial charge on any atom is 0.210 e. The zero-order valence-corrected chi connectivity index (χ0v) is 7.48. The van der Waals surface area contributed by atoms with Crippen LogP contribution in [0.4, 0.5) is 0 Å². The van der Waals surface area contributed by atoms with Crippen LogP contribution in [-0.2, 0) is 19.5 Å². The zero-order valence-electron chi connectivity index (χ0n) is 6.66. The lowest BCUT2D eigenvalue weighted by Gasteiger charge is -2.02. The molecule has 68 valence electrons. The van der Waals surface area contributed by atoms with Crippen LogP contribution in [0.3, 0.4) is 0 Å². The Morgan fingerprint density at radius 2 is 2.00 bits per heavy atom. The van der Waals surface area contributed by atoms with Crippen molar-refractivity contribution in [1.29, 1.82) is 0 Å². The highest BCUT2D eigenvalue weighted by molar-refractivity contribution is 7.88. The van der Waals surface area contributed by atoms with Crippen LogP contribution < -0.4 is 4.72 Å². The molecule has 0 fully saturated rings. The third kappa shape index (κ3) is 9.83. The van der Waals surface area contributed by atoms with Crippen molar-refractivity contribution in [2.75, 3.05) is 33.3 Å². The molecular weight excluding hydrogens is 170 g/mol. The van der Waals surface area contributed by atoms with Crippen molar-refractivity contribution in [1.82, 2.24) is 4.72 Å². The number of ether oxygens (including phenoxy) is 2. The van der Waals surface area contributed by atoms with Crippen LogP contribution in [0.1, 0.15) is 0 Å². The van der Waals surface area contributed by atoms with Crippen LogP contribution in [-0.4, -0.2) is 41.7 Å². The molecule has 0 heterocycles. The zero-order chi connectivity index (χ0) is 8.74. The Balaban J connectivity index is 3.16. The van der Waals surface area contributed by atoms with E-state index < -0.39 is 10.0 Å². The Kier molecular flexibility index (Phi) is 5.39. The monoisotopic (exact) mass is 183 g/mol. The molecule has 0 bridgehead atoms. The van der Waals surface area contributed by atoms with E-state index in [4.69, 9.17) is 4.74 Å². The molecule has 0 radical (unpaired) electrons. The van der Waals surface area contributed by atoms with Crippen LogP contribution in [0, 0.1) is 0 Å². The van der Waals surface area contributed by atoms with Crippen molar-refractivity contribution in [2.24, 2.45) is 0 Å². The molecular formula is C5H13NO4S. The lowest BCUT2D eigenvalue weighted by Crippen LogP contribution is -2.25. The van der Waals surface area contributed by atoms with E-state index >= 15 is 0 Å². The molecule has 6 heteroatoms. The van der Waals surface area contributed by atoms with Gasteiger partial charge in [-0.2, -0.15) is 4.72 Å². The van der Waals surface area contributed by atoms with Crippen molar-refractivity contribution in [3.05, 3.63) is 0 Å². The summed E-state index contributed by atoms with van der Waals surface area (Å²) in [5, 5.41) is 0. The van der Waals surface area contributed by atoms with Gasteiger partial charge in [0.25, 0.3) is 0 Å². The van der Waals surface area contributed by atoms with Crippen molar-refractivity contribution in [3.63, 3.8) is 0 Å². The lowest BCUT2D eigenvalue weighted by molar-refractivity contribution is 0.0688. The molecule has 0 aromatic carbocycles. The Hall–Kier alpha value is -0.170. The van der Waals surface area contributed by atoms with E-state index in [-0.39, 0.29) is 6.73 Å². The standard InChI is InChI=1S/C5H13NO4S/c1-9-3-4-10-5-6-11(2,7)8/h6H,3-5H2,1-2H3. The maximum atomic E-state index is 10.4. The number of rotatable bonds is 6. The second-order valence-corrected chi connectivity index (χ2v) is 3.79. The summed E-state index contributed by atoms with van der Waals surface area (Å²) >= 11 is 0. The largest absolute Gasteiger partial charge is 0.382 e. The van der Waals surface area contributed by atoms with Crippen LogP contribution in [0.5, 0.6) is 0 Å². The molecule has 0 aromatic rings. The third-order valence-corrected chi connectivity index (χ3v) is 1.50. The van der Waals surface area contributed by atoms with E-state index in [1.54, 1.807) is 7.11 Å². The fraction of sp³-hybridized carbons (Fsp3) is 1.00. The van der Waals surface area contributed by atoms with Gasteiger partial charge in [0.05, 0.1) is 19.5 Å². The predicted molar refractivity (Wildman–Crippen MR) is 40.7 cm³/mol. The topological polar surface area (TPSA) is 64.6 Å². The number of nitrogens with one attached hydrogen (secondary N) is 1. The summed E-state index contributed by atoms with van der Waals surface area (Å²) in [5.41, 5.74) is 0. The van der Waals surface area contributed by atoms with E-state index in [9.17, 15) is 8.42 Å². The minimum Gasteiger partial charge on any atom is -0.382 e. The molecule has 0 saturated heterocycles. The molecule has 0 amide bonds. The molecule has 0 aliphatic rings. The number of hydrogen-bond donors (Lipinski definition) is 1. The first-order valence-corrected chi connectivity index (χ1v) is 4.96. The minimum atomic E-state index is -3.13. The van der Waals surface area contributed by atoms with Gasteiger partial charge >= 0.3 is 0 Å². The molecule has 0 atom stereocenters. The maximum absolute atomic E-state index is 10.4. The summed E-state index contributed by atoms with van der Waals surface area (Å²) in [7, 11) is -1.58. The first-order valence-electron chi connectivity index (χ1n) is 3.07. The van der Waals surface area contributed by atoms with Gasteiger partial charge in [0.2, 0.25) is 10.0 Å². The van der Waals surface area contributed by atoms with Gasteiger partial charge in [0.1, 0.15) is 6.73 Å². The SMILES string of the molecule is COCCOCNS(C)(=O)=O. The average Bonchev–Trinajstić information content (AvgIpc) is 1.85. The Morgan fingerprint density at radius 3 is 2.45 bits per heavy atom. The Morgan fingerprint density at radius 1 is 1.36 bits per heavy atom. The quantitative estimate of drug-likeness (QED) is 0.430. The lowest BCUT2D eigenvalue weighted by atomic mass is 10.8. The van der Waals surface area contributed by atoms with E-state index in [1.165, 1.54) is 0 Å². The predicted octanol–water partition coefficient (Wildman–Crippen LogP) is -0.844. The van der Waals surface area contributed by atoms with Crippen LogP contribution >= 0.6 is 0 Å².